The number of hydrogen-bond donors (Lipinski definition) is 2. The maximum Gasteiger partial charge on any atom is 0.317 e. The molecule has 0 saturated carbocycles. The number of rotatable bonds is 8. The maximum atomic E-state index is 12.0. The molecule has 0 aliphatic carbocycles. The number of amides is 1. The van der Waals surface area contributed by atoms with E-state index in [1.165, 1.54) is 32.2 Å². The van der Waals surface area contributed by atoms with Gasteiger partial charge in [-0.25, -0.2) is 0 Å². The Labute approximate surface area is 170 Å². The van der Waals surface area contributed by atoms with Crippen LogP contribution in [0.25, 0.3) is 0 Å². The van der Waals surface area contributed by atoms with Gasteiger partial charge in [0, 0.05) is 0 Å². The summed E-state index contributed by atoms with van der Waals surface area (Å²) in [6.45, 7) is 1.24. The van der Waals surface area contributed by atoms with Gasteiger partial charge in [-0.1, -0.05) is 12.1 Å². The van der Waals surface area contributed by atoms with E-state index in [2.05, 4.69) is 15.5 Å². The molecule has 158 valence electrons. The number of nitro benzene ring substituents is 1. The predicted octanol–water partition coefficient (Wildman–Crippen LogP) is 3.18. The minimum absolute atomic E-state index is 0.0257. The molecular weight excluding hydrogens is 420 g/mol. The molecular formula is C17H16N4O8S. The molecule has 0 fully saturated rings. The van der Waals surface area contributed by atoms with Gasteiger partial charge < -0.3 is 10.1 Å². The van der Waals surface area contributed by atoms with E-state index in [9.17, 15) is 32.7 Å². The number of nitro groups is 1. The average molecular weight is 436 g/mol. The van der Waals surface area contributed by atoms with E-state index < -0.39 is 43.6 Å². The van der Waals surface area contributed by atoms with Crippen molar-refractivity contribution in [2.45, 2.75) is 18.2 Å². The third-order valence-corrected chi connectivity index (χ3v) is 4.49. The summed E-state index contributed by atoms with van der Waals surface area (Å²) in [5, 5.41) is 21.4. The monoisotopic (exact) mass is 436 g/mol. The normalized spacial score (nSPS) is 11.3. The van der Waals surface area contributed by atoms with Crippen LogP contribution in [-0.4, -0.2) is 36.7 Å². The van der Waals surface area contributed by atoms with Crippen molar-refractivity contribution >= 4 is 44.6 Å². The van der Waals surface area contributed by atoms with Gasteiger partial charge in [0.25, 0.3) is 0 Å². The first-order valence-electron chi connectivity index (χ1n) is 8.17. The molecule has 0 aromatic heterocycles. The van der Waals surface area contributed by atoms with Gasteiger partial charge in [-0.05, 0) is 31.2 Å². The average Bonchev–Trinajstić information content (AvgIpc) is 2.65. The Bertz CT molecular complexity index is 1140. The van der Waals surface area contributed by atoms with Crippen LogP contribution in [0.5, 0.6) is 5.75 Å². The number of benzene rings is 2. The molecule has 1 amide bonds. The zero-order valence-corrected chi connectivity index (χ0v) is 16.5. The third kappa shape index (κ3) is 5.42. The summed E-state index contributed by atoms with van der Waals surface area (Å²) in [4.78, 5) is 32.5. The molecule has 0 aliphatic rings. The second-order valence-corrected chi connectivity index (χ2v) is 7.23. The van der Waals surface area contributed by atoms with Crippen LogP contribution >= 0.6 is 0 Å². The van der Waals surface area contributed by atoms with Crippen molar-refractivity contribution in [3.8, 4) is 5.75 Å². The highest BCUT2D eigenvalue weighted by Crippen LogP contribution is 2.38. The lowest BCUT2D eigenvalue weighted by molar-refractivity contribution is -0.387. The first-order valence-corrected chi connectivity index (χ1v) is 9.61. The lowest BCUT2D eigenvalue weighted by Gasteiger charge is -2.11. The number of ether oxygens (including phenoxy) is 1. The van der Waals surface area contributed by atoms with Crippen molar-refractivity contribution in [1.29, 1.82) is 0 Å². The Kier molecular flexibility index (Phi) is 6.92. The SMILES string of the molecule is COc1cccc(N=Nc2cccc(S(=O)(=O)O)c2[N+](=O)[O-])c1NC(=O)CC(C)=O. The first-order chi connectivity index (χ1) is 14.0. The molecule has 30 heavy (non-hydrogen) atoms. The Morgan fingerprint density at radius 3 is 2.33 bits per heavy atom. The highest BCUT2D eigenvalue weighted by molar-refractivity contribution is 7.86. The van der Waals surface area contributed by atoms with Gasteiger partial charge in [-0.15, -0.1) is 10.2 Å². The first kappa shape index (κ1) is 22.6. The molecule has 0 saturated heterocycles. The van der Waals surface area contributed by atoms with Gasteiger partial charge in [0.2, 0.25) is 5.91 Å². The summed E-state index contributed by atoms with van der Waals surface area (Å²) in [6.07, 6.45) is -0.392. The Balaban J connectivity index is 2.55. The molecule has 0 heterocycles. The number of carbonyl (C=O) groups excluding carboxylic acids is 2. The second kappa shape index (κ2) is 9.19. The summed E-state index contributed by atoms with van der Waals surface area (Å²) < 4.78 is 37.2. The number of para-hydroxylation sites is 2. The maximum absolute atomic E-state index is 12.0. The van der Waals surface area contributed by atoms with Crippen LogP contribution in [0.3, 0.4) is 0 Å². The molecule has 0 unspecified atom stereocenters. The molecule has 2 aromatic carbocycles. The zero-order valence-electron chi connectivity index (χ0n) is 15.7. The van der Waals surface area contributed by atoms with E-state index in [0.717, 1.165) is 18.2 Å². The van der Waals surface area contributed by atoms with E-state index in [1.807, 2.05) is 0 Å². The van der Waals surface area contributed by atoms with E-state index in [4.69, 9.17) is 4.74 Å². The van der Waals surface area contributed by atoms with E-state index in [0.29, 0.717) is 0 Å². The molecule has 0 atom stereocenters. The van der Waals surface area contributed by atoms with E-state index in [-0.39, 0.29) is 22.9 Å². The van der Waals surface area contributed by atoms with Crippen molar-refractivity contribution in [3.63, 3.8) is 0 Å². The van der Waals surface area contributed by atoms with E-state index >= 15 is 0 Å². The van der Waals surface area contributed by atoms with Crippen molar-refractivity contribution in [1.82, 2.24) is 0 Å². The van der Waals surface area contributed by atoms with Crippen LogP contribution in [0.15, 0.2) is 51.5 Å². The smallest absolute Gasteiger partial charge is 0.317 e. The van der Waals surface area contributed by atoms with Gasteiger partial charge in [0.15, 0.2) is 10.6 Å². The van der Waals surface area contributed by atoms with Crippen molar-refractivity contribution < 1.29 is 32.2 Å². The summed E-state index contributed by atoms with van der Waals surface area (Å²) in [6, 6.07) is 7.55. The minimum atomic E-state index is -4.88. The van der Waals surface area contributed by atoms with Crippen LogP contribution < -0.4 is 10.1 Å². The molecule has 2 aromatic rings. The predicted molar refractivity (Wildman–Crippen MR) is 104 cm³/mol. The highest BCUT2D eigenvalue weighted by atomic mass is 32.2. The highest BCUT2D eigenvalue weighted by Gasteiger charge is 2.28. The second-order valence-electron chi connectivity index (χ2n) is 5.84. The van der Waals surface area contributed by atoms with Crippen molar-refractivity contribution in [2.75, 3.05) is 12.4 Å². The van der Waals surface area contributed by atoms with Crippen molar-refractivity contribution in [2.24, 2.45) is 10.2 Å². The quantitative estimate of drug-likeness (QED) is 0.208. The summed E-state index contributed by atoms with van der Waals surface area (Å²) in [5.74, 6) is -0.824. The number of ketones is 1. The van der Waals surface area contributed by atoms with E-state index in [1.54, 1.807) is 0 Å². The van der Waals surface area contributed by atoms with Gasteiger partial charge in [-0.2, -0.15) is 8.42 Å². The number of anilines is 1. The van der Waals surface area contributed by atoms with Gasteiger partial charge in [0.05, 0.1) is 18.5 Å². The zero-order chi connectivity index (χ0) is 22.5. The fourth-order valence-electron chi connectivity index (χ4n) is 2.40. The summed E-state index contributed by atoms with van der Waals surface area (Å²) in [5.41, 5.74) is -1.32. The van der Waals surface area contributed by atoms with Gasteiger partial charge in [-0.3, -0.25) is 24.3 Å². The minimum Gasteiger partial charge on any atom is -0.494 e. The Morgan fingerprint density at radius 1 is 1.17 bits per heavy atom. The number of nitrogens with zero attached hydrogens (tertiary/aromatic N) is 3. The fourth-order valence-corrected chi connectivity index (χ4v) is 3.07. The molecule has 0 radical (unpaired) electrons. The topological polar surface area (TPSA) is 178 Å². The number of nitrogens with one attached hydrogen (secondary N) is 1. The molecule has 13 heteroatoms. The fraction of sp³-hybridized carbons (Fsp3) is 0.176. The standard InChI is InChI=1S/C17H16N4O8S/c1-10(22)9-15(23)18-16-11(5-3-7-13(16)29-2)19-20-12-6-4-8-14(30(26,27)28)17(12)21(24)25/h3-8H,9H2,1-2H3,(H,18,23)(H,26,27,28). The van der Waals surface area contributed by atoms with Crippen LogP contribution in [0, 0.1) is 10.1 Å². The van der Waals surface area contributed by atoms with Gasteiger partial charge >= 0.3 is 15.8 Å². The number of methoxy groups -OCH3 is 1. The summed E-state index contributed by atoms with van der Waals surface area (Å²) >= 11 is 0. The van der Waals surface area contributed by atoms with Gasteiger partial charge in [0.1, 0.15) is 22.9 Å². The number of hydrogen-bond acceptors (Lipinski definition) is 9. The molecule has 0 spiro atoms. The van der Waals surface area contributed by atoms with Crippen LogP contribution in [0.2, 0.25) is 0 Å². The number of Topliss-reactive ketones (excluding diaryl/α,β-unsaturated/α-hetero) is 1. The largest absolute Gasteiger partial charge is 0.494 e. The van der Waals surface area contributed by atoms with Crippen LogP contribution in [-0.2, 0) is 19.7 Å². The lowest BCUT2D eigenvalue weighted by atomic mass is 10.2. The van der Waals surface area contributed by atoms with Crippen molar-refractivity contribution in [3.05, 3.63) is 46.5 Å². The third-order valence-electron chi connectivity index (χ3n) is 3.60. The molecule has 0 bridgehead atoms. The van der Waals surface area contributed by atoms with Crippen LogP contribution in [0.1, 0.15) is 13.3 Å². The lowest BCUT2D eigenvalue weighted by Crippen LogP contribution is -2.15. The summed E-state index contributed by atoms with van der Waals surface area (Å²) in [7, 11) is -3.55. The number of azo groups is 1. The molecule has 0 aliphatic heterocycles. The molecule has 12 nitrogen and oxygen atoms in total. The number of carbonyl (C=O) groups is 2. The Morgan fingerprint density at radius 2 is 1.77 bits per heavy atom. The molecule has 2 rings (SSSR count). The molecule has 2 N–H and O–H groups in total. The van der Waals surface area contributed by atoms with Crippen LogP contribution in [0.4, 0.5) is 22.7 Å². The Hall–Kier alpha value is -3.71.